The van der Waals surface area contributed by atoms with Gasteiger partial charge in [-0.3, -0.25) is 9.59 Å². The largest absolute Gasteiger partial charge is 0.490 e. The summed E-state index contributed by atoms with van der Waals surface area (Å²) in [5, 5.41) is 13.9. The number of aryl methyl sites for hydroxylation is 1. The van der Waals surface area contributed by atoms with Crippen LogP contribution >= 0.6 is 0 Å². The van der Waals surface area contributed by atoms with E-state index in [9.17, 15) is 9.59 Å². The summed E-state index contributed by atoms with van der Waals surface area (Å²) in [6.07, 6.45) is 1.99. The molecule has 3 heterocycles. The lowest BCUT2D eigenvalue weighted by molar-refractivity contribution is -0.116. The van der Waals surface area contributed by atoms with E-state index in [1.165, 1.54) is 6.07 Å². The van der Waals surface area contributed by atoms with Crippen molar-refractivity contribution in [1.29, 1.82) is 0 Å². The van der Waals surface area contributed by atoms with E-state index in [-0.39, 0.29) is 17.4 Å². The highest BCUT2D eigenvalue weighted by Gasteiger charge is 2.33. The first-order chi connectivity index (χ1) is 13.6. The van der Waals surface area contributed by atoms with E-state index in [2.05, 4.69) is 27.2 Å². The Morgan fingerprint density at radius 2 is 2.18 bits per heavy atom. The van der Waals surface area contributed by atoms with E-state index in [4.69, 9.17) is 4.74 Å². The number of nitrogens with zero attached hydrogens (tertiary/aromatic N) is 3. The summed E-state index contributed by atoms with van der Waals surface area (Å²) in [5.41, 5.74) is 2.37. The average Bonchev–Trinajstić information content (AvgIpc) is 3.03. The number of benzene rings is 1. The second kappa shape index (κ2) is 7.15. The normalized spacial score (nSPS) is 15.6. The standard InChI is InChI=1S/C20H19N5O3/c1-3-9-28-14-6-4-5-13(10-14)15-11-18(27)21-20-19(15)12(2)24-25(20)16-7-8-17(26)23-22-16/h3-8,10,15H,1,9,11H2,2H3,(H,21,27)(H,23,26). The van der Waals surface area contributed by atoms with Gasteiger partial charge in [-0.2, -0.15) is 14.9 Å². The summed E-state index contributed by atoms with van der Waals surface area (Å²) >= 11 is 0. The van der Waals surface area contributed by atoms with Crippen LogP contribution in [-0.2, 0) is 4.79 Å². The molecule has 0 spiro atoms. The average molecular weight is 377 g/mol. The second-order valence-corrected chi connectivity index (χ2v) is 6.52. The van der Waals surface area contributed by atoms with Crippen LogP contribution in [0, 0.1) is 6.92 Å². The Labute approximate surface area is 160 Å². The number of amides is 1. The lowest BCUT2D eigenvalue weighted by Crippen LogP contribution is -2.25. The third-order valence-corrected chi connectivity index (χ3v) is 4.61. The molecule has 2 N–H and O–H groups in total. The lowest BCUT2D eigenvalue weighted by Gasteiger charge is -2.24. The van der Waals surface area contributed by atoms with Crippen molar-refractivity contribution in [1.82, 2.24) is 20.0 Å². The molecular formula is C20H19N5O3. The zero-order chi connectivity index (χ0) is 19.7. The number of H-pyrrole nitrogens is 1. The first-order valence-electron chi connectivity index (χ1n) is 8.86. The molecule has 1 aliphatic heterocycles. The SMILES string of the molecule is C=CCOc1cccc(C2CC(=O)Nc3c2c(C)nn3-c2ccc(=O)[nH]n2)c1. The summed E-state index contributed by atoms with van der Waals surface area (Å²) < 4.78 is 7.18. The van der Waals surface area contributed by atoms with Gasteiger partial charge in [-0.1, -0.05) is 24.8 Å². The van der Waals surface area contributed by atoms with Crippen molar-refractivity contribution in [2.24, 2.45) is 0 Å². The predicted molar refractivity (Wildman–Crippen MR) is 104 cm³/mol. The molecule has 3 aromatic rings. The van der Waals surface area contributed by atoms with Gasteiger partial charge in [0.2, 0.25) is 5.91 Å². The van der Waals surface area contributed by atoms with Crippen molar-refractivity contribution >= 4 is 11.7 Å². The molecular weight excluding hydrogens is 358 g/mol. The Hall–Kier alpha value is -3.68. The van der Waals surface area contributed by atoms with Crippen molar-refractivity contribution in [3.8, 4) is 11.6 Å². The van der Waals surface area contributed by atoms with Gasteiger partial charge in [-0.05, 0) is 30.7 Å². The number of aromatic nitrogens is 4. The first kappa shape index (κ1) is 17.7. The molecule has 28 heavy (non-hydrogen) atoms. The monoisotopic (exact) mass is 377 g/mol. The molecule has 8 heteroatoms. The van der Waals surface area contributed by atoms with Crippen molar-refractivity contribution < 1.29 is 9.53 Å². The Morgan fingerprint density at radius 1 is 1.32 bits per heavy atom. The molecule has 0 radical (unpaired) electrons. The molecule has 1 amide bonds. The van der Waals surface area contributed by atoms with Crippen molar-refractivity contribution in [3.05, 3.63) is 76.2 Å². The Kier molecular flexibility index (Phi) is 4.52. The van der Waals surface area contributed by atoms with Gasteiger partial charge in [-0.25, -0.2) is 5.10 Å². The number of fused-ring (bicyclic) bond motifs is 1. The fraction of sp³-hybridized carbons (Fsp3) is 0.200. The maximum atomic E-state index is 12.4. The zero-order valence-electron chi connectivity index (χ0n) is 15.3. The first-order valence-corrected chi connectivity index (χ1v) is 8.86. The molecule has 0 aliphatic carbocycles. The minimum atomic E-state index is -0.306. The number of carbonyl (C=O) groups is 1. The van der Waals surface area contributed by atoms with Crippen LogP contribution in [0.3, 0.4) is 0 Å². The summed E-state index contributed by atoms with van der Waals surface area (Å²) in [6.45, 7) is 5.96. The fourth-order valence-electron chi connectivity index (χ4n) is 3.43. The van der Waals surface area contributed by atoms with Gasteiger partial charge in [0.25, 0.3) is 5.56 Å². The zero-order valence-corrected chi connectivity index (χ0v) is 15.3. The van der Waals surface area contributed by atoms with Crippen LogP contribution in [0.5, 0.6) is 5.75 Å². The second-order valence-electron chi connectivity index (χ2n) is 6.52. The highest BCUT2D eigenvalue weighted by atomic mass is 16.5. The Morgan fingerprint density at radius 3 is 2.93 bits per heavy atom. The molecule has 0 fully saturated rings. The minimum Gasteiger partial charge on any atom is -0.490 e. The number of nitrogens with one attached hydrogen (secondary N) is 2. The molecule has 4 rings (SSSR count). The summed E-state index contributed by atoms with van der Waals surface area (Å²) in [5.74, 6) is 1.44. The summed E-state index contributed by atoms with van der Waals surface area (Å²) in [6, 6.07) is 10.6. The number of rotatable bonds is 5. The van der Waals surface area contributed by atoms with E-state index in [1.54, 1.807) is 16.8 Å². The van der Waals surface area contributed by atoms with Crippen LogP contribution in [0.2, 0.25) is 0 Å². The quantitative estimate of drug-likeness (QED) is 0.665. The number of aromatic amines is 1. The molecule has 1 atom stereocenters. The third kappa shape index (κ3) is 3.20. The maximum Gasteiger partial charge on any atom is 0.264 e. The molecule has 0 bridgehead atoms. The molecule has 1 aliphatic rings. The van der Waals surface area contributed by atoms with Crippen LogP contribution < -0.4 is 15.6 Å². The van der Waals surface area contributed by atoms with Crippen LogP contribution in [-0.4, -0.2) is 32.5 Å². The minimum absolute atomic E-state index is 0.111. The van der Waals surface area contributed by atoms with Gasteiger partial charge in [0.05, 0.1) is 5.69 Å². The van der Waals surface area contributed by atoms with Gasteiger partial charge in [0.1, 0.15) is 18.2 Å². The third-order valence-electron chi connectivity index (χ3n) is 4.61. The van der Waals surface area contributed by atoms with E-state index in [0.717, 1.165) is 22.6 Å². The number of carbonyl (C=O) groups excluding carboxylic acids is 1. The molecule has 8 nitrogen and oxygen atoms in total. The molecule has 2 aromatic heterocycles. The molecule has 142 valence electrons. The summed E-state index contributed by atoms with van der Waals surface area (Å²) in [7, 11) is 0. The Balaban J connectivity index is 1.79. The van der Waals surface area contributed by atoms with Gasteiger partial charge in [0.15, 0.2) is 5.82 Å². The van der Waals surface area contributed by atoms with Gasteiger partial charge in [-0.15, -0.1) is 0 Å². The number of anilines is 1. The number of hydrogen-bond donors (Lipinski definition) is 2. The topological polar surface area (TPSA) is 102 Å². The van der Waals surface area contributed by atoms with Gasteiger partial charge < -0.3 is 10.1 Å². The molecule has 0 saturated carbocycles. The van der Waals surface area contributed by atoms with E-state index >= 15 is 0 Å². The lowest BCUT2D eigenvalue weighted by atomic mass is 9.86. The van der Waals surface area contributed by atoms with Crippen molar-refractivity contribution in [2.75, 3.05) is 11.9 Å². The smallest absolute Gasteiger partial charge is 0.264 e. The van der Waals surface area contributed by atoms with Crippen molar-refractivity contribution in [3.63, 3.8) is 0 Å². The van der Waals surface area contributed by atoms with E-state index < -0.39 is 0 Å². The Bertz CT molecular complexity index is 1090. The van der Waals surface area contributed by atoms with Crippen LogP contribution in [0.15, 0.2) is 53.8 Å². The molecule has 0 saturated heterocycles. The maximum absolute atomic E-state index is 12.4. The van der Waals surface area contributed by atoms with Crippen LogP contribution in [0.4, 0.5) is 5.82 Å². The predicted octanol–water partition coefficient (Wildman–Crippen LogP) is 2.30. The van der Waals surface area contributed by atoms with Gasteiger partial charge >= 0.3 is 0 Å². The van der Waals surface area contributed by atoms with Crippen molar-refractivity contribution in [2.45, 2.75) is 19.3 Å². The molecule has 1 aromatic carbocycles. The van der Waals surface area contributed by atoms with Gasteiger partial charge in [0, 0.05) is 24.0 Å². The highest BCUT2D eigenvalue weighted by Crippen LogP contribution is 2.40. The number of ether oxygens (including phenoxy) is 1. The van der Waals surface area contributed by atoms with E-state index in [1.807, 2.05) is 31.2 Å². The highest BCUT2D eigenvalue weighted by molar-refractivity contribution is 5.95. The van der Waals surface area contributed by atoms with Crippen LogP contribution in [0.25, 0.3) is 5.82 Å². The van der Waals surface area contributed by atoms with Crippen LogP contribution in [0.1, 0.15) is 29.2 Å². The van der Waals surface area contributed by atoms with E-state index in [0.29, 0.717) is 24.7 Å². The fourth-order valence-corrected chi connectivity index (χ4v) is 3.43. The number of hydrogen-bond acceptors (Lipinski definition) is 5. The molecule has 1 unspecified atom stereocenters. The summed E-state index contributed by atoms with van der Waals surface area (Å²) in [4.78, 5) is 23.7.